The summed E-state index contributed by atoms with van der Waals surface area (Å²) in [5.74, 6) is -0.0480. The number of imide groups is 1. The third-order valence-electron chi connectivity index (χ3n) is 9.43. The Morgan fingerprint density at radius 2 is 1.55 bits per heavy atom. The largest absolute Gasteiger partial charge is 0.617 e. The standard InChI is InChI=1S/C31H47N5O5S/c1-18(2)27(33)31(40)34-17-26(37)36(28-22-12-20-11-21(14-22)15-23(28)13-20)25(16-19-7-5-4-6-8-19)30(39)35-29(38)24(32)9-10-42(3)41/h4-8,18,20-25,27-28H,9-17,32-33H2,1-3H3,(H,34,40)(H,35,38,39)/t20?,21?,22?,23?,24?,25-,27-,28?,42?/m0/s1. The molecule has 4 bridgehead atoms. The fraction of sp³-hybridized carbons (Fsp3) is 0.677. The van der Waals surface area contributed by atoms with Crippen LogP contribution in [0.15, 0.2) is 30.3 Å². The summed E-state index contributed by atoms with van der Waals surface area (Å²) in [6, 6.07) is 6.52. The zero-order valence-corrected chi connectivity index (χ0v) is 25.8. The molecule has 0 heterocycles. The van der Waals surface area contributed by atoms with Gasteiger partial charge in [-0.3, -0.25) is 24.5 Å². The third kappa shape index (κ3) is 7.92. The maximum atomic E-state index is 14.1. The van der Waals surface area contributed by atoms with Crippen molar-refractivity contribution in [3.63, 3.8) is 0 Å². The first kappa shape index (κ1) is 32.4. The summed E-state index contributed by atoms with van der Waals surface area (Å²) in [4.78, 5) is 55.5. The van der Waals surface area contributed by atoms with Gasteiger partial charge < -0.3 is 26.2 Å². The number of nitrogens with two attached hydrogens (primary N) is 2. The lowest BCUT2D eigenvalue weighted by molar-refractivity contribution is -0.155. The molecule has 2 unspecified atom stereocenters. The zero-order chi connectivity index (χ0) is 30.6. The van der Waals surface area contributed by atoms with Gasteiger partial charge >= 0.3 is 0 Å². The molecule has 6 N–H and O–H groups in total. The number of hydrogen-bond donors (Lipinski definition) is 4. The minimum absolute atomic E-state index is 0.0994. The average molecular weight is 602 g/mol. The monoisotopic (exact) mass is 601 g/mol. The van der Waals surface area contributed by atoms with Gasteiger partial charge in [0, 0.05) is 18.9 Å². The van der Waals surface area contributed by atoms with Crippen molar-refractivity contribution >= 4 is 34.8 Å². The second-order valence-electron chi connectivity index (χ2n) is 12.9. The Bertz CT molecular complexity index is 1090. The predicted octanol–water partition coefficient (Wildman–Crippen LogP) is 1.09. The lowest BCUT2D eigenvalue weighted by Gasteiger charge is -2.58. The van der Waals surface area contributed by atoms with E-state index in [0.717, 1.165) is 31.2 Å². The van der Waals surface area contributed by atoms with Crippen LogP contribution < -0.4 is 22.1 Å². The molecule has 0 spiro atoms. The molecule has 0 aliphatic heterocycles. The first-order valence-corrected chi connectivity index (χ1v) is 17.0. The normalized spacial score (nSPS) is 27.2. The summed E-state index contributed by atoms with van der Waals surface area (Å²) in [6.45, 7) is 3.40. The fourth-order valence-electron chi connectivity index (χ4n) is 7.45. The zero-order valence-electron chi connectivity index (χ0n) is 25.0. The lowest BCUT2D eigenvalue weighted by Crippen LogP contribution is -2.65. The average Bonchev–Trinajstić information content (AvgIpc) is 2.94. The van der Waals surface area contributed by atoms with Gasteiger partial charge in [-0.1, -0.05) is 55.4 Å². The first-order chi connectivity index (χ1) is 19.9. The summed E-state index contributed by atoms with van der Waals surface area (Å²) in [5, 5.41) is 5.18. The number of carbonyl (C=O) groups is 4. The number of nitrogens with zero attached hydrogens (tertiary/aromatic N) is 1. The van der Waals surface area contributed by atoms with Crippen molar-refractivity contribution < 1.29 is 23.7 Å². The van der Waals surface area contributed by atoms with Crippen molar-refractivity contribution in [2.45, 2.75) is 83.0 Å². The van der Waals surface area contributed by atoms with Crippen molar-refractivity contribution in [1.82, 2.24) is 15.5 Å². The Morgan fingerprint density at radius 1 is 0.952 bits per heavy atom. The number of hydrogen-bond acceptors (Lipinski definition) is 7. The molecule has 4 saturated carbocycles. The molecule has 11 heteroatoms. The molecule has 4 fully saturated rings. The van der Waals surface area contributed by atoms with E-state index in [1.807, 2.05) is 44.2 Å². The molecule has 0 saturated heterocycles. The molecule has 0 radical (unpaired) electrons. The Labute approximate surface area is 252 Å². The topological polar surface area (TPSA) is 171 Å². The van der Waals surface area contributed by atoms with Gasteiger partial charge in [-0.05, 0) is 67.3 Å². The van der Waals surface area contributed by atoms with Crippen molar-refractivity contribution in [3.05, 3.63) is 35.9 Å². The maximum Gasteiger partial charge on any atom is 0.249 e. The predicted molar refractivity (Wildman–Crippen MR) is 162 cm³/mol. The summed E-state index contributed by atoms with van der Waals surface area (Å²) >= 11 is -1.12. The van der Waals surface area contributed by atoms with Crippen LogP contribution in [0.2, 0.25) is 0 Å². The summed E-state index contributed by atoms with van der Waals surface area (Å²) in [5.41, 5.74) is 12.9. The third-order valence-corrected chi connectivity index (χ3v) is 10.2. The maximum absolute atomic E-state index is 14.1. The molecule has 1 aromatic rings. The molecule has 5 rings (SSSR count). The van der Waals surface area contributed by atoms with Gasteiger partial charge in [-0.25, -0.2) is 0 Å². The highest BCUT2D eigenvalue weighted by Crippen LogP contribution is 2.55. The van der Waals surface area contributed by atoms with Crippen LogP contribution in [-0.2, 0) is 36.8 Å². The fourth-order valence-corrected chi connectivity index (χ4v) is 8.04. The highest BCUT2D eigenvalue weighted by molar-refractivity contribution is 7.90. The summed E-state index contributed by atoms with van der Waals surface area (Å²) in [7, 11) is 0. The van der Waals surface area contributed by atoms with E-state index in [0.29, 0.717) is 11.8 Å². The molecule has 4 amide bonds. The van der Waals surface area contributed by atoms with Gasteiger partial charge in [0.2, 0.25) is 23.6 Å². The van der Waals surface area contributed by atoms with Crippen LogP contribution in [0.1, 0.15) is 57.9 Å². The van der Waals surface area contributed by atoms with Gasteiger partial charge in [0.05, 0.1) is 24.9 Å². The number of rotatable bonds is 13. The van der Waals surface area contributed by atoms with Crippen LogP contribution in [0.4, 0.5) is 0 Å². The smallest absolute Gasteiger partial charge is 0.249 e. The second-order valence-corrected chi connectivity index (χ2v) is 14.5. The molecule has 232 valence electrons. The number of carbonyl (C=O) groups excluding carboxylic acids is 4. The minimum Gasteiger partial charge on any atom is -0.617 e. The van der Waals surface area contributed by atoms with Crippen molar-refractivity contribution in [1.29, 1.82) is 0 Å². The van der Waals surface area contributed by atoms with Crippen LogP contribution in [-0.4, -0.2) is 75.8 Å². The molecule has 4 atom stereocenters. The van der Waals surface area contributed by atoms with Crippen LogP contribution in [0.3, 0.4) is 0 Å². The molecule has 0 aromatic heterocycles. The quantitative estimate of drug-likeness (QED) is 0.245. The Kier molecular flexibility index (Phi) is 11.1. The second kappa shape index (κ2) is 14.3. The van der Waals surface area contributed by atoms with E-state index in [2.05, 4.69) is 10.6 Å². The Hall–Kier alpha value is -2.47. The van der Waals surface area contributed by atoms with Gasteiger partial charge in [-0.15, -0.1) is 0 Å². The Balaban J connectivity index is 1.63. The summed E-state index contributed by atoms with van der Waals surface area (Å²) in [6.07, 6.45) is 7.22. The first-order valence-electron chi connectivity index (χ1n) is 15.2. The molecule has 4 aliphatic rings. The van der Waals surface area contributed by atoms with Crippen molar-refractivity contribution in [3.8, 4) is 0 Å². The van der Waals surface area contributed by atoms with Gasteiger partial charge in [0.15, 0.2) is 0 Å². The van der Waals surface area contributed by atoms with Gasteiger partial charge in [0.25, 0.3) is 0 Å². The SMILES string of the molecule is CC(C)[C@H](N)C(=O)NCC(=O)N(C1C2CC3CC(C2)CC1C3)[C@@H](Cc1ccccc1)C(=O)NC(=O)C(N)CC[S+](C)[O-]. The van der Waals surface area contributed by atoms with E-state index in [1.54, 1.807) is 4.90 Å². The molecule has 1 aromatic carbocycles. The molecular weight excluding hydrogens is 554 g/mol. The van der Waals surface area contributed by atoms with E-state index in [1.165, 1.54) is 12.7 Å². The lowest BCUT2D eigenvalue weighted by atomic mass is 9.53. The van der Waals surface area contributed by atoms with Gasteiger partial charge in [-0.2, -0.15) is 0 Å². The van der Waals surface area contributed by atoms with E-state index in [4.69, 9.17) is 11.5 Å². The van der Waals surface area contributed by atoms with Gasteiger partial charge in [0.1, 0.15) is 11.8 Å². The number of benzene rings is 1. The number of amides is 4. The van der Waals surface area contributed by atoms with Crippen LogP contribution in [0.5, 0.6) is 0 Å². The van der Waals surface area contributed by atoms with Crippen LogP contribution in [0, 0.1) is 29.6 Å². The van der Waals surface area contributed by atoms with E-state index < -0.39 is 47.0 Å². The molecule has 4 aliphatic carbocycles. The highest BCUT2D eigenvalue weighted by Gasteiger charge is 2.53. The van der Waals surface area contributed by atoms with Crippen molar-refractivity contribution in [2.75, 3.05) is 18.6 Å². The van der Waals surface area contributed by atoms with Crippen molar-refractivity contribution in [2.24, 2.45) is 41.1 Å². The van der Waals surface area contributed by atoms with E-state index in [9.17, 15) is 23.7 Å². The van der Waals surface area contributed by atoms with E-state index in [-0.39, 0.29) is 54.8 Å². The summed E-state index contributed by atoms with van der Waals surface area (Å²) < 4.78 is 11.5. The number of nitrogens with one attached hydrogen (secondary N) is 2. The highest BCUT2D eigenvalue weighted by atomic mass is 32.2. The van der Waals surface area contributed by atoms with E-state index >= 15 is 0 Å². The van der Waals surface area contributed by atoms with Crippen LogP contribution in [0.25, 0.3) is 0 Å². The molecular formula is C31H47N5O5S. The molecule has 42 heavy (non-hydrogen) atoms. The minimum atomic E-state index is -1.12. The molecule has 10 nitrogen and oxygen atoms in total. The Morgan fingerprint density at radius 3 is 2.10 bits per heavy atom. The van der Waals surface area contributed by atoms with Crippen LogP contribution >= 0.6 is 0 Å².